The molecule has 1 aromatic carbocycles. The number of rotatable bonds is 0. The van der Waals surface area contributed by atoms with Gasteiger partial charge in [-0.25, -0.2) is 0 Å². The van der Waals surface area contributed by atoms with Gasteiger partial charge in [0, 0.05) is 0 Å². The molecule has 0 saturated heterocycles. The maximum atomic E-state index is 7.17. The fraction of sp³-hybridized carbons (Fsp3) is 0.143. The van der Waals surface area contributed by atoms with E-state index in [0.29, 0.717) is 0 Å². The van der Waals surface area contributed by atoms with E-state index in [1.807, 2.05) is 0 Å². The molecule has 0 atom stereocenters. The van der Waals surface area contributed by atoms with E-state index in [1.54, 1.807) is 0 Å². The van der Waals surface area contributed by atoms with Gasteiger partial charge in [-0.3, -0.25) is 0 Å². The van der Waals surface area contributed by atoms with Gasteiger partial charge in [0.2, 0.25) is 0 Å². The van der Waals surface area contributed by atoms with Gasteiger partial charge in [-0.1, -0.05) is 0 Å². The van der Waals surface area contributed by atoms with Gasteiger partial charge in [0.1, 0.15) is 0 Å². The van der Waals surface area contributed by atoms with E-state index in [2.05, 4.69) is 48.9 Å². The van der Waals surface area contributed by atoms with Crippen LogP contribution in [0.4, 0.5) is 0 Å². The molecule has 0 aliphatic rings. The SMILES string of the molecule is OB(O)O.OB(O)O.OB(O)O.OB(O)O.[Li][c]1ccccc1C. The molecular formula is C7H19B4LiO12. The van der Waals surface area contributed by atoms with Crippen molar-refractivity contribution < 1.29 is 60.3 Å². The third kappa shape index (κ3) is 81.6. The molecule has 0 aliphatic carbocycles. The fourth-order valence-corrected chi connectivity index (χ4v) is 0.663. The summed E-state index contributed by atoms with van der Waals surface area (Å²) in [6.45, 7) is 2.12. The van der Waals surface area contributed by atoms with Crippen LogP contribution in [0.25, 0.3) is 0 Å². The molecule has 132 valence electrons. The molecular weight excluding hydrogens is 326 g/mol. The van der Waals surface area contributed by atoms with Crippen molar-refractivity contribution in [2.75, 3.05) is 0 Å². The Hall–Kier alpha value is -0.403. The molecule has 0 aliphatic heterocycles. The van der Waals surface area contributed by atoms with Crippen LogP contribution in [-0.2, 0) is 0 Å². The molecule has 0 radical (unpaired) electrons. The second-order valence-corrected chi connectivity index (χ2v) is 3.47. The third-order valence-electron chi connectivity index (χ3n) is 1.43. The van der Waals surface area contributed by atoms with E-state index >= 15 is 0 Å². The van der Waals surface area contributed by atoms with E-state index in [4.69, 9.17) is 60.3 Å². The number of hydrogen-bond acceptors (Lipinski definition) is 12. The van der Waals surface area contributed by atoms with Crippen LogP contribution in [-0.4, -0.2) is 107 Å². The zero-order valence-corrected chi connectivity index (χ0v) is 13.0. The molecule has 12 N–H and O–H groups in total. The third-order valence-corrected chi connectivity index (χ3v) is 1.43. The maximum absolute atomic E-state index is 7.17. The van der Waals surface area contributed by atoms with Crippen molar-refractivity contribution in [3.05, 3.63) is 29.8 Å². The van der Waals surface area contributed by atoms with E-state index in [1.165, 1.54) is 9.80 Å². The van der Waals surface area contributed by atoms with Crippen LogP contribution in [0.2, 0.25) is 0 Å². The second-order valence-electron chi connectivity index (χ2n) is 3.47. The fourth-order valence-electron chi connectivity index (χ4n) is 0.663. The molecule has 17 heteroatoms. The minimum atomic E-state index is -2.17. The zero-order valence-electron chi connectivity index (χ0n) is 13.0. The Labute approximate surface area is 148 Å². The van der Waals surface area contributed by atoms with Gasteiger partial charge in [0.15, 0.2) is 0 Å². The van der Waals surface area contributed by atoms with E-state index in [-0.39, 0.29) is 0 Å². The van der Waals surface area contributed by atoms with E-state index in [9.17, 15) is 0 Å². The van der Waals surface area contributed by atoms with Gasteiger partial charge in [0.25, 0.3) is 0 Å². The van der Waals surface area contributed by atoms with Crippen LogP contribution in [0.15, 0.2) is 24.3 Å². The monoisotopic (exact) mass is 346 g/mol. The van der Waals surface area contributed by atoms with E-state index in [0.717, 1.165) is 0 Å². The van der Waals surface area contributed by atoms with Crippen molar-refractivity contribution in [3.63, 3.8) is 0 Å². The molecule has 0 unspecified atom stereocenters. The molecule has 1 rings (SSSR count). The quantitative estimate of drug-likeness (QED) is 0.196. The first kappa shape index (κ1) is 31.4. The first-order chi connectivity index (χ1) is 10.7. The van der Waals surface area contributed by atoms with Gasteiger partial charge in [-0.2, -0.15) is 0 Å². The van der Waals surface area contributed by atoms with Crippen LogP contribution in [0.1, 0.15) is 5.56 Å². The average Bonchev–Trinajstić information content (AvgIpc) is 2.30. The molecule has 0 aromatic heterocycles. The Bertz CT molecular complexity index is 302. The van der Waals surface area contributed by atoms with Crippen molar-refractivity contribution in [2.45, 2.75) is 6.92 Å². The molecule has 0 amide bonds. The molecule has 0 spiro atoms. The summed E-state index contributed by atoms with van der Waals surface area (Å²) < 4.78 is 1.37. The summed E-state index contributed by atoms with van der Waals surface area (Å²) in [7, 11) is -8.67. The van der Waals surface area contributed by atoms with Gasteiger partial charge in [0.05, 0.1) is 0 Å². The van der Waals surface area contributed by atoms with Gasteiger partial charge in [-0.05, 0) is 0 Å². The molecule has 0 saturated carbocycles. The Morgan fingerprint density at radius 3 is 0.917 bits per heavy atom. The van der Waals surface area contributed by atoms with Crippen molar-refractivity contribution in [2.24, 2.45) is 0 Å². The number of benzene rings is 1. The normalized spacial score (nSPS) is 7.62. The van der Waals surface area contributed by atoms with E-state index < -0.39 is 29.3 Å². The van der Waals surface area contributed by atoms with Crippen LogP contribution >= 0.6 is 0 Å². The number of aryl methyl sites for hydroxylation is 1. The van der Waals surface area contributed by atoms with Crippen LogP contribution in [0.5, 0.6) is 0 Å². The predicted molar refractivity (Wildman–Crippen MR) is 86.2 cm³/mol. The second kappa shape index (κ2) is 22.6. The van der Waals surface area contributed by atoms with Crippen molar-refractivity contribution in [3.8, 4) is 0 Å². The molecule has 0 fully saturated rings. The van der Waals surface area contributed by atoms with Crippen LogP contribution < -0.4 is 4.24 Å². The average molecular weight is 345 g/mol. The Balaban J connectivity index is -0.000000110. The summed E-state index contributed by atoms with van der Waals surface area (Å²) in [6.07, 6.45) is 0. The predicted octanol–water partition coefficient (Wildman–Crippen LogP) is -7.42. The molecule has 0 heterocycles. The summed E-state index contributed by atoms with van der Waals surface area (Å²) >= 11 is 2.12. The molecule has 1 aromatic rings. The summed E-state index contributed by atoms with van der Waals surface area (Å²) in [5.74, 6) is 0. The van der Waals surface area contributed by atoms with Crippen molar-refractivity contribution >= 4 is 51.2 Å². The van der Waals surface area contributed by atoms with Crippen LogP contribution in [0.3, 0.4) is 0 Å². The summed E-state index contributed by atoms with van der Waals surface area (Å²) in [4.78, 5) is 0. The summed E-state index contributed by atoms with van der Waals surface area (Å²) in [6, 6.07) is 8.36. The van der Waals surface area contributed by atoms with Crippen molar-refractivity contribution in [1.82, 2.24) is 0 Å². The van der Waals surface area contributed by atoms with Gasteiger partial charge in [-0.15, -0.1) is 0 Å². The topological polar surface area (TPSA) is 243 Å². The Morgan fingerprint density at radius 2 is 0.792 bits per heavy atom. The van der Waals surface area contributed by atoms with Gasteiger partial charge < -0.3 is 60.3 Å². The molecule has 12 nitrogen and oxygen atoms in total. The first-order valence-electron chi connectivity index (χ1n) is 5.93. The first-order valence-corrected chi connectivity index (χ1v) is 5.93. The number of hydrogen-bond donors (Lipinski definition) is 12. The zero-order chi connectivity index (χ0) is 20.3. The molecule has 0 bridgehead atoms. The minimum absolute atomic E-state index is 1.37. The van der Waals surface area contributed by atoms with Gasteiger partial charge >= 0.3 is 88.0 Å². The summed E-state index contributed by atoms with van der Waals surface area (Å²) in [5.41, 5.74) is 1.37. The Kier molecular flexibility index (Phi) is 29.5. The van der Waals surface area contributed by atoms with Crippen molar-refractivity contribution in [1.29, 1.82) is 0 Å². The summed E-state index contributed by atoms with van der Waals surface area (Å²) in [5, 5.41) is 86.0. The standard InChI is InChI=1S/C7H7.4BH3O3.Li/c1-7-5-3-2-4-6-7;4*2-1(3)4;/h2-5H,1H3;4*2-4H;. The Morgan fingerprint density at radius 1 is 0.583 bits per heavy atom. The molecule has 24 heavy (non-hydrogen) atoms. The van der Waals surface area contributed by atoms with Crippen LogP contribution in [0, 0.1) is 6.92 Å².